The van der Waals surface area contributed by atoms with E-state index in [4.69, 9.17) is 21.7 Å². The van der Waals surface area contributed by atoms with Gasteiger partial charge >= 0.3 is 0 Å². The number of aromatic nitrogens is 1. The van der Waals surface area contributed by atoms with Gasteiger partial charge in [0.2, 0.25) is 5.70 Å². The molecular formula is C19H18N2O3S. The van der Waals surface area contributed by atoms with Crippen LogP contribution in [-0.4, -0.2) is 24.7 Å². The lowest BCUT2D eigenvalue weighted by atomic mass is 10.1. The van der Waals surface area contributed by atoms with Crippen LogP contribution in [0.1, 0.15) is 5.56 Å². The van der Waals surface area contributed by atoms with Crippen LogP contribution < -0.4 is 24.5 Å². The summed E-state index contributed by atoms with van der Waals surface area (Å²) in [5.41, 5.74) is 0.854. The van der Waals surface area contributed by atoms with Crippen LogP contribution in [0.3, 0.4) is 0 Å². The van der Waals surface area contributed by atoms with E-state index in [9.17, 15) is 5.11 Å². The summed E-state index contributed by atoms with van der Waals surface area (Å²) < 4.78 is 12.8. The molecule has 1 aliphatic rings. The van der Waals surface area contributed by atoms with Gasteiger partial charge in [0.1, 0.15) is 13.2 Å². The summed E-state index contributed by atoms with van der Waals surface area (Å²) in [5.74, 6) is 1.01. The molecular weight excluding hydrogens is 336 g/mol. The number of nitrogens with zero attached hydrogens (tertiary/aromatic N) is 1. The maximum absolute atomic E-state index is 13.1. The van der Waals surface area contributed by atoms with Gasteiger partial charge in [-0.2, -0.15) is 4.57 Å². The third kappa shape index (κ3) is 3.80. The Morgan fingerprint density at radius 2 is 1.92 bits per heavy atom. The van der Waals surface area contributed by atoms with E-state index in [1.807, 2.05) is 18.2 Å². The highest BCUT2D eigenvalue weighted by Crippen LogP contribution is 2.32. The van der Waals surface area contributed by atoms with E-state index in [1.54, 1.807) is 41.2 Å². The molecule has 2 aromatic rings. The molecule has 0 spiro atoms. The number of rotatable bonds is 5. The average Bonchev–Trinajstić information content (AvgIpc) is 2.67. The minimum atomic E-state index is -0.199. The Morgan fingerprint density at radius 1 is 1.20 bits per heavy atom. The zero-order valence-corrected chi connectivity index (χ0v) is 14.4. The zero-order valence-electron chi connectivity index (χ0n) is 13.6. The predicted octanol–water partition coefficient (Wildman–Crippen LogP) is 1.53. The Bertz CT molecular complexity index is 819. The zero-order chi connectivity index (χ0) is 17.6. The highest BCUT2D eigenvalue weighted by atomic mass is 32.1. The van der Waals surface area contributed by atoms with Crippen molar-refractivity contribution in [2.45, 2.75) is 0 Å². The average molecular weight is 354 g/mol. The summed E-state index contributed by atoms with van der Waals surface area (Å²) >= 11 is 5.43. The summed E-state index contributed by atoms with van der Waals surface area (Å²) in [6, 6.07) is 10.7. The van der Waals surface area contributed by atoms with E-state index in [0.717, 1.165) is 0 Å². The van der Waals surface area contributed by atoms with E-state index in [2.05, 4.69) is 11.9 Å². The number of ether oxygens (including phenoxy) is 2. The first kappa shape index (κ1) is 17.0. The third-order valence-corrected chi connectivity index (χ3v) is 3.95. The van der Waals surface area contributed by atoms with Gasteiger partial charge in [-0.3, -0.25) is 0 Å². The van der Waals surface area contributed by atoms with Crippen LogP contribution in [0.4, 0.5) is 0 Å². The lowest BCUT2D eigenvalue weighted by molar-refractivity contribution is -0.577. The number of thiocarbonyl (C=S) groups is 1. The van der Waals surface area contributed by atoms with Crippen LogP contribution in [0.25, 0.3) is 11.5 Å². The fraction of sp³-hybridized carbons (Fsp3) is 0.158. The lowest BCUT2D eigenvalue weighted by Crippen LogP contribution is -2.42. The number of fused-ring (bicyclic) bond motifs is 1. The summed E-state index contributed by atoms with van der Waals surface area (Å²) in [5, 5.41) is 16.2. The Balaban J connectivity index is 2.06. The van der Waals surface area contributed by atoms with Crippen molar-refractivity contribution in [1.82, 2.24) is 5.32 Å². The Morgan fingerprint density at radius 3 is 2.64 bits per heavy atom. The van der Waals surface area contributed by atoms with Crippen molar-refractivity contribution in [3.8, 4) is 11.5 Å². The van der Waals surface area contributed by atoms with Gasteiger partial charge in [-0.05, 0) is 23.5 Å². The molecule has 5 nitrogen and oxygen atoms in total. The highest BCUT2D eigenvalue weighted by Gasteiger charge is 2.19. The molecule has 0 radical (unpaired) electrons. The lowest BCUT2D eigenvalue weighted by Gasteiger charge is -2.21. The van der Waals surface area contributed by atoms with E-state index in [-0.39, 0.29) is 5.76 Å². The molecule has 2 heterocycles. The van der Waals surface area contributed by atoms with Crippen molar-refractivity contribution in [2.75, 3.05) is 19.8 Å². The largest absolute Gasteiger partial charge is 0.867 e. The third-order valence-electron chi connectivity index (χ3n) is 3.62. The highest BCUT2D eigenvalue weighted by molar-refractivity contribution is 7.81. The number of hydrogen-bond acceptors (Lipinski definition) is 4. The Hall–Kier alpha value is -2.86. The molecule has 128 valence electrons. The van der Waals surface area contributed by atoms with Crippen molar-refractivity contribution in [3.63, 3.8) is 0 Å². The molecule has 0 amide bonds. The van der Waals surface area contributed by atoms with Crippen molar-refractivity contribution >= 4 is 28.7 Å². The molecule has 3 rings (SSSR count). The van der Waals surface area contributed by atoms with Crippen LogP contribution in [-0.2, 0) is 0 Å². The molecule has 0 bridgehead atoms. The van der Waals surface area contributed by atoms with Gasteiger partial charge in [-0.15, -0.1) is 6.58 Å². The van der Waals surface area contributed by atoms with Gasteiger partial charge in [-0.1, -0.05) is 30.4 Å². The molecule has 6 heteroatoms. The van der Waals surface area contributed by atoms with Gasteiger partial charge in [-0.25, -0.2) is 0 Å². The summed E-state index contributed by atoms with van der Waals surface area (Å²) in [7, 11) is 0. The summed E-state index contributed by atoms with van der Waals surface area (Å²) in [4.78, 5) is 0.357. The molecule has 1 aromatic heterocycles. The van der Waals surface area contributed by atoms with Crippen molar-refractivity contribution in [3.05, 3.63) is 67.0 Å². The van der Waals surface area contributed by atoms with Gasteiger partial charge in [0.25, 0.3) is 0 Å². The van der Waals surface area contributed by atoms with Crippen LogP contribution >= 0.6 is 12.2 Å². The second-order valence-electron chi connectivity index (χ2n) is 5.32. The topological polar surface area (TPSA) is 57.4 Å². The van der Waals surface area contributed by atoms with Gasteiger partial charge in [0.15, 0.2) is 28.9 Å². The number of pyridine rings is 1. The van der Waals surface area contributed by atoms with Crippen LogP contribution in [0.15, 0.2) is 61.4 Å². The van der Waals surface area contributed by atoms with E-state index < -0.39 is 0 Å². The molecule has 0 atom stereocenters. The molecule has 1 aromatic carbocycles. The smallest absolute Gasteiger partial charge is 0.237 e. The van der Waals surface area contributed by atoms with Crippen molar-refractivity contribution in [2.24, 2.45) is 0 Å². The maximum Gasteiger partial charge on any atom is 0.237 e. The van der Waals surface area contributed by atoms with E-state index in [1.165, 1.54) is 0 Å². The van der Waals surface area contributed by atoms with Crippen molar-refractivity contribution < 1.29 is 19.1 Å². The molecule has 0 aliphatic carbocycles. The minimum Gasteiger partial charge on any atom is -0.867 e. The quantitative estimate of drug-likeness (QED) is 0.290. The monoisotopic (exact) mass is 354 g/mol. The van der Waals surface area contributed by atoms with Crippen LogP contribution in [0.2, 0.25) is 0 Å². The predicted molar refractivity (Wildman–Crippen MR) is 98.0 cm³/mol. The molecule has 0 saturated carbocycles. The number of hydrogen-bond donors (Lipinski definition) is 1. The normalized spacial score (nSPS) is 13.6. The molecule has 0 saturated heterocycles. The molecule has 0 unspecified atom stereocenters. The Labute approximate surface area is 151 Å². The summed E-state index contributed by atoms with van der Waals surface area (Å²) in [6.07, 6.45) is 5.26. The summed E-state index contributed by atoms with van der Waals surface area (Å²) in [6.45, 7) is 5.11. The van der Waals surface area contributed by atoms with E-state index >= 15 is 0 Å². The molecule has 1 N–H and O–H groups in total. The molecule has 0 fully saturated rings. The minimum absolute atomic E-state index is 0.199. The van der Waals surface area contributed by atoms with Crippen molar-refractivity contribution in [1.29, 1.82) is 0 Å². The second kappa shape index (κ2) is 7.81. The standard InChI is InChI=1S/C19H18N2O3S/c1-2-8-20-19(25)17(21-9-4-3-5-10-21)18(22)14-6-7-15-16(13-14)24-12-11-23-15/h2-7,9-10,13H,1,8,11-12H2,(H-,20,22,25). The first-order chi connectivity index (χ1) is 12.2. The number of benzene rings is 1. The molecule has 1 aliphatic heterocycles. The molecule has 25 heavy (non-hydrogen) atoms. The fourth-order valence-electron chi connectivity index (χ4n) is 2.46. The van der Waals surface area contributed by atoms with Crippen LogP contribution in [0.5, 0.6) is 11.5 Å². The maximum atomic E-state index is 13.1. The first-order valence-electron chi connectivity index (χ1n) is 7.88. The fourth-order valence-corrected chi connectivity index (χ4v) is 2.74. The Kier molecular flexibility index (Phi) is 5.30. The van der Waals surface area contributed by atoms with Gasteiger partial charge < -0.3 is 19.9 Å². The van der Waals surface area contributed by atoms with Gasteiger partial charge in [0, 0.05) is 18.7 Å². The number of nitrogens with one attached hydrogen (secondary N) is 1. The first-order valence-corrected chi connectivity index (χ1v) is 8.28. The van der Waals surface area contributed by atoms with Gasteiger partial charge in [0.05, 0.1) is 0 Å². The second-order valence-corrected chi connectivity index (χ2v) is 5.73. The van der Waals surface area contributed by atoms with Crippen LogP contribution in [0, 0.1) is 0 Å². The van der Waals surface area contributed by atoms with E-state index in [0.29, 0.717) is 47.5 Å². The SMILES string of the molecule is C=CCNC(=S)C(=C([O-])c1ccc2c(c1)OCCO2)[n+]1ccccc1.